The molecule has 2 aliphatic heterocycles. The third kappa shape index (κ3) is 16.2. The predicted octanol–water partition coefficient (Wildman–Crippen LogP) is 6.78. The van der Waals surface area contributed by atoms with Gasteiger partial charge < -0.3 is 25.1 Å². The van der Waals surface area contributed by atoms with Gasteiger partial charge >= 0.3 is 5.97 Å². The van der Waals surface area contributed by atoms with Gasteiger partial charge in [0.2, 0.25) is 5.91 Å². The summed E-state index contributed by atoms with van der Waals surface area (Å²) in [6.45, 7) is 9.65. The molecule has 0 saturated carbocycles. The number of aromatic nitrogens is 4. The van der Waals surface area contributed by atoms with E-state index in [0.717, 1.165) is 103 Å². The minimum Gasteiger partial charge on any atom is -0.395 e. The van der Waals surface area contributed by atoms with E-state index in [-0.39, 0.29) is 44.3 Å². The van der Waals surface area contributed by atoms with Crippen molar-refractivity contribution >= 4 is 58.3 Å². The van der Waals surface area contributed by atoms with Crippen LogP contribution >= 0.6 is 11.8 Å². The molecule has 3 aromatic carbocycles. The van der Waals surface area contributed by atoms with Crippen LogP contribution in [0.1, 0.15) is 98.6 Å². The second kappa shape index (κ2) is 27.1. The van der Waals surface area contributed by atoms with Crippen molar-refractivity contribution in [2.45, 2.75) is 113 Å². The van der Waals surface area contributed by atoms with Crippen LogP contribution in [0.4, 0.5) is 0 Å². The largest absolute Gasteiger partial charge is 0.395 e. The first-order valence-electron chi connectivity index (χ1n) is 24.6. The zero-order valence-electron chi connectivity index (χ0n) is 40.3. The van der Waals surface area contributed by atoms with Crippen molar-refractivity contribution < 1.29 is 38.8 Å². The highest BCUT2D eigenvalue weighted by atomic mass is 32.2. The van der Waals surface area contributed by atoms with Crippen LogP contribution < -0.4 is 10.8 Å². The number of para-hydroxylation sites is 1. The van der Waals surface area contributed by atoms with Crippen molar-refractivity contribution in [3.63, 3.8) is 0 Å². The summed E-state index contributed by atoms with van der Waals surface area (Å²) >= 11 is 1.80. The number of carbonyl (C=O) groups is 5. The van der Waals surface area contributed by atoms with Crippen molar-refractivity contribution in [2.24, 2.45) is 0 Å². The fourth-order valence-electron chi connectivity index (χ4n) is 8.57. The van der Waals surface area contributed by atoms with Crippen molar-refractivity contribution in [1.82, 2.24) is 45.6 Å². The molecule has 0 spiro atoms. The lowest BCUT2D eigenvalue weighted by Crippen LogP contribution is -2.31. The van der Waals surface area contributed by atoms with E-state index in [9.17, 15) is 29.1 Å². The summed E-state index contributed by atoms with van der Waals surface area (Å²) in [5.41, 5.74) is 9.81. The smallest absolute Gasteiger partial charge is 0.333 e. The second-order valence-electron chi connectivity index (χ2n) is 17.8. The van der Waals surface area contributed by atoms with Crippen LogP contribution in [-0.2, 0) is 66.3 Å². The highest BCUT2D eigenvalue weighted by Gasteiger charge is 2.32. The first-order valence-corrected chi connectivity index (χ1v) is 25.5. The molecule has 0 aliphatic carbocycles. The molecule has 376 valence electrons. The molecule has 1 atom stereocenters. The van der Waals surface area contributed by atoms with E-state index in [0.29, 0.717) is 49.2 Å². The van der Waals surface area contributed by atoms with Gasteiger partial charge in [0.1, 0.15) is 0 Å². The molecule has 5 aromatic rings. The normalized spacial score (nSPS) is 15.0. The topological polar surface area (TPSA) is 204 Å². The van der Waals surface area contributed by atoms with Gasteiger partial charge in [-0.3, -0.25) is 28.9 Å². The quantitative estimate of drug-likeness (QED) is 0.0169. The summed E-state index contributed by atoms with van der Waals surface area (Å²) in [6, 6.07) is 24.5. The Morgan fingerprint density at radius 2 is 1.65 bits per heavy atom. The minimum absolute atomic E-state index is 0.0189. The minimum atomic E-state index is -0.603. The number of nitrogens with zero attached hydrogens (tertiary/aromatic N) is 6. The maximum Gasteiger partial charge on any atom is 0.333 e. The number of imide groups is 1. The van der Waals surface area contributed by atoms with E-state index < -0.39 is 17.8 Å². The Labute approximate surface area is 418 Å². The van der Waals surface area contributed by atoms with Gasteiger partial charge in [0.15, 0.2) is 0 Å². The number of carbonyl (C=O) groups excluding carboxylic acids is 5. The van der Waals surface area contributed by atoms with E-state index >= 15 is 0 Å². The van der Waals surface area contributed by atoms with E-state index in [1.165, 1.54) is 17.0 Å². The highest BCUT2D eigenvalue weighted by Crippen LogP contribution is 2.36. The summed E-state index contributed by atoms with van der Waals surface area (Å²) in [5.74, 6) is -1.95. The number of benzene rings is 3. The number of fused-ring (bicyclic) bond motifs is 1. The number of nitrogens with one attached hydrogen (secondary N) is 3. The SMILES string of the molecule is C=C1C(Sc2ccc(CONC(=O)/C=C/c3ccc(CN(CCO)CCc4c[nH]c5ccccc45)cc3)cc2)CCN1CCCCCC(=O)NCc1cnnn1CCCCCC(=O)ON1C(=O)CCC1=O. The first kappa shape index (κ1) is 52.2. The van der Waals surface area contributed by atoms with Gasteiger partial charge in [-0.05, 0) is 85.1 Å². The molecular weight excluding hydrogens is 923 g/mol. The molecule has 2 saturated heterocycles. The van der Waals surface area contributed by atoms with Gasteiger partial charge in [-0.15, -0.1) is 21.9 Å². The summed E-state index contributed by atoms with van der Waals surface area (Å²) < 4.78 is 1.75. The van der Waals surface area contributed by atoms with E-state index in [1.54, 1.807) is 28.7 Å². The molecule has 17 nitrogen and oxygen atoms in total. The number of aliphatic hydroxyl groups excluding tert-OH is 1. The molecule has 18 heteroatoms. The summed E-state index contributed by atoms with van der Waals surface area (Å²) in [6.07, 6.45) is 14.2. The number of hydrogen-bond acceptors (Lipinski definition) is 13. The lowest BCUT2D eigenvalue weighted by atomic mass is 10.1. The van der Waals surface area contributed by atoms with Gasteiger partial charge in [-0.2, -0.15) is 0 Å². The number of amides is 4. The van der Waals surface area contributed by atoms with E-state index in [2.05, 4.69) is 91.1 Å². The number of rotatable bonds is 29. The van der Waals surface area contributed by atoms with Crippen LogP contribution in [0.15, 0.2) is 108 Å². The summed E-state index contributed by atoms with van der Waals surface area (Å²) in [5, 5.41) is 22.9. The Balaban J connectivity index is 0.708. The number of aliphatic hydroxyl groups is 1. The van der Waals surface area contributed by atoms with Gasteiger partial charge in [-0.1, -0.05) is 79.2 Å². The van der Waals surface area contributed by atoms with Crippen LogP contribution in [0.5, 0.6) is 0 Å². The highest BCUT2D eigenvalue weighted by molar-refractivity contribution is 8.00. The summed E-state index contributed by atoms with van der Waals surface area (Å²) in [7, 11) is 0. The lowest BCUT2D eigenvalue weighted by Gasteiger charge is -2.21. The number of unbranched alkanes of at least 4 members (excludes halogenated alkanes) is 4. The molecule has 1 unspecified atom stereocenters. The van der Waals surface area contributed by atoms with Crippen LogP contribution in [0.3, 0.4) is 0 Å². The van der Waals surface area contributed by atoms with Gasteiger partial charge in [0.25, 0.3) is 17.7 Å². The predicted molar refractivity (Wildman–Crippen MR) is 270 cm³/mol. The van der Waals surface area contributed by atoms with Crippen LogP contribution in [0.25, 0.3) is 17.0 Å². The Morgan fingerprint density at radius 1 is 0.901 bits per heavy atom. The van der Waals surface area contributed by atoms with Gasteiger partial charge in [0.05, 0.1) is 36.9 Å². The van der Waals surface area contributed by atoms with Crippen molar-refractivity contribution in [3.8, 4) is 0 Å². The molecule has 4 heterocycles. The average molecular weight is 988 g/mol. The molecule has 71 heavy (non-hydrogen) atoms. The maximum absolute atomic E-state index is 12.6. The van der Waals surface area contributed by atoms with Crippen LogP contribution in [0, 0.1) is 0 Å². The third-order valence-corrected chi connectivity index (χ3v) is 13.9. The van der Waals surface area contributed by atoms with Gasteiger partial charge in [0, 0.05) is 98.7 Å². The molecule has 7 rings (SSSR count). The van der Waals surface area contributed by atoms with Crippen molar-refractivity contribution in [2.75, 3.05) is 32.8 Å². The van der Waals surface area contributed by atoms with Crippen molar-refractivity contribution in [3.05, 3.63) is 131 Å². The molecule has 2 aromatic heterocycles. The van der Waals surface area contributed by atoms with Gasteiger partial charge in [-0.25, -0.2) is 15.0 Å². The number of hydroxylamine groups is 3. The Bertz CT molecular complexity index is 2580. The van der Waals surface area contributed by atoms with Crippen molar-refractivity contribution in [1.29, 1.82) is 0 Å². The number of thioether (sulfide) groups is 1. The zero-order chi connectivity index (χ0) is 49.8. The maximum atomic E-state index is 12.6. The number of aryl methyl sites for hydroxylation is 1. The molecule has 2 aliphatic rings. The number of likely N-dealkylation sites (tertiary alicyclic amines) is 1. The second-order valence-corrected chi connectivity index (χ2v) is 19.1. The Kier molecular flexibility index (Phi) is 20.0. The van der Waals surface area contributed by atoms with Crippen LogP contribution in [-0.4, -0.2) is 108 Å². The zero-order valence-corrected chi connectivity index (χ0v) is 41.1. The average Bonchev–Trinajstić information content (AvgIpc) is 4.17. The fourth-order valence-corrected chi connectivity index (χ4v) is 9.70. The monoisotopic (exact) mass is 987 g/mol. The standard InChI is InChI=1S/C53H65N9O8S/c1-39-48(27-31-60(39)28-8-2-4-12-49(64)55-35-44-36-56-58-61(44)29-9-3-5-13-53(68)70-62-51(66)24-25-52(62)67)71-45-21-18-42(19-22-45)38-69-57-50(65)23-20-40-14-16-41(17-15-40)37-59(32-33-63)30-26-43-34-54-47-11-7-6-10-46(43)47/h6-7,10-11,14-23,34,36,48,54,63H,1-5,8-9,12-13,24-33,35,37-38H2,(H,55,64)(H,57,65)/b23-20+. The summed E-state index contributed by atoms with van der Waals surface area (Å²) in [4.78, 5) is 79.9. The molecule has 4 N–H and O–H groups in total. The molecule has 4 amide bonds. The number of hydrogen-bond donors (Lipinski definition) is 4. The molecule has 0 radical (unpaired) electrons. The Morgan fingerprint density at radius 3 is 2.44 bits per heavy atom. The fraction of sp³-hybridized carbons (Fsp3) is 0.415. The van der Waals surface area contributed by atoms with Crippen LogP contribution in [0.2, 0.25) is 0 Å². The van der Waals surface area contributed by atoms with E-state index in [4.69, 9.17) is 9.68 Å². The third-order valence-electron chi connectivity index (χ3n) is 12.6. The molecule has 0 bridgehead atoms. The first-order chi connectivity index (χ1) is 34.6. The molecular formula is C53H65N9O8S. The number of H-pyrrole nitrogens is 1. The lowest BCUT2D eigenvalue weighted by molar-refractivity contribution is -0.197. The van der Waals surface area contributed by atoms with E-state index in [1.807, 2.05) is 30.3 Å². The molecule has 2 fully saturated rings. The number of aromatic amines is 1. The Hall–Kier alpha value is -6.60.